The summed E-state index contributed by atoms with van der Waals surface area (Å²) in [7, 11) is 3.79. The van der Waals surface area contributed by atoms with Crippen LogP contribution in [0.3, 0.4) is 0 Å². The van der Waals surface area contributed by atoms with Crippen molar-refractivity contribution in [2.75, 3.05) is 32.2 Å². The van der Waals surface area contributed by atoms with Crippen LogP contribution in [0.4, 0.5) is 5.69 Å². The smallest absolute Gasteiger partial charge is 0.124 e. The Labute approximate surface area is 104 Å². The predicted octanol–water partition coefficient (Wildman–Crippen LogP) is 2.52. The molecule has 1 aromatic carbocycles. The van der Waals surface area contributed by atoms with Crippen molar-refractivity contribution >= 4 is 5.69 Å². The molecule has 1 rings (SSSR count). The van der Waals surface area contributed by atoms with Gasteiger partial charge in [-0.25, -0.2) is 0 Å². The van der Waals surface area contributed by atoms with E-state index in [1.807, 2.05) is 0 Å². The van der Waals surface area contributed by atoms with Crippen molar-refractivity contribution in [3.8, 4) is 5.75 Å². The Kier molecular flexibility index (Phi) is 5.29. The van der Waals surface area contributed by atoms with Crippen molar-refractivity contribution in [3.05, 3.63) is 23.3 Å². The summed E-state index contributed by atoms with van der Waals surface area (Å²) < 4.78 is 5.36. The highest BCUT2D eigenvalue weighted by Gasteiger charge is 2.07. The van der Waals surface area contributed by atoms with Gasteiger partial charge in [-0.15, -0.1) is 0 Å². The highest BCUT2D eigenvalue weighted by molar-refractivity contribution is 5.56. The van der Waals surface area contributed by atoms with E-state index >= 15 is 0 Å². The molecule has 0 unspecified atom stereocenters. The summed E-state index contributed by atoms with van der Waals surface area (Å²) in [6.45, 7) is 5.37. The highest BCUT2D eigenvalue weighted by Crippen LogP contribution is 2.28. The molecule has 0 atom stereocenters. The molecule has 0 saturated heterocycles. The van der Waals surface area contributed by atoms with Gasteiger partial charge in [0.1, 0.15) is 5.75 Å². The second-order valence-electron chi connectivity index (χ2n) is 4.47. The molecule has 96 valence electrons. The molecule has 0 amide bonds. The van der Waals surface area contributed by atoms with Crippen molar-refractivity contribution in [2.45, 2.75) is 26.7 Å². The lowest BCUT2D eigenvalue weighted by Gasteiger charge is -2.21. The molecular weight excluding hydrogens is 214 g/mol. The Bertz CT molecular complexity index is 340. The summed E-state index contributed by atoms with van der Waals surface area (Å²) >= 11 is 0. The average Bonchev–Trinajstić information content (AvgIpc) is 2.28. The zero-order valence-electron chi connectivity index (χ0n) is 11.3. The molecule has 0 radical (unpaired) electrons. The average molecular weight is 237 g/mol. The fraction of sp³-hybridized carbons (Fsp3) is 0.571. The first-order valence-electron chi connectivity index (χ1n) is 6.07. The minimum absolute atomic E-state index is 0.272. The minimum Gasteiger partial charge on any atom is -0.496 e. The van der Waals surface area contributed by atoms with Gasteiger partial charge in [0.25, 0.3) is 0 Å². The number of anilines is 1. The van der Waals surface area contributed by atoms with E-state index in [-0.39, 0.29) is 6.61 Å². The Morgan fingerprint density at radius 3 is 2.24 bits per heavy atom. The monoisotopic (exact) mass is 237 g/mol. The molecule has 0 spiro atoms. The van der Waals surface area contributed by atoms with Crippen molar-refractivity contribution in [1.82, 2.24) is 0 Å². The topological polar surface area (TPSA) is 32.7 Å². The zero-order valence-corrected chi connectivity index (χ0v) is 11.3. The second-order valence-corrected chi connectivity index (χ2v) is 4.47. The zero-order chi connectivity index (χ0) is 12.8. The largest absolute Gasteiger partial charge is 0.496 e. The molecule has 0 fully saturated rings. The third-order valence-electron chi connectivity index (χ3n) is 2.99. The summed E-state index contributed by atoms with van der Waals surface area (Å²) in [5, 5.41) is 8.77. The summed E-state index contributed by atoms with van der Waals surface area (Å²) in [5.41, 5.74) is 3.53. The van der Waals surface area contributed by atoms with Crippen LogP contribution in [0, 0.1) is 13.8 Å². The molecule has 1 N–H and O–H groups in total. The molecule has 3 nitrogen and oxygen atoms in total. The lowest BCUT2D eigenvalue weighted by Crippen LogP contribution is -2.19. The van der Waals surface area contributed by atoms with Gasteiger partial charge >= 0.3 is 0 Å². The maximum absolute atomic E-state index is 8.77. The molecule has 17 heavy (non-hydrogen) atoms. The molecule has 1 aromatic rings. The van der Waals surface area contributed by atoms with E-state index in [4.69, 9.17) is 9.84 Å². The molecule has 0 heterocycles. The molecule has 0 saturated carbocycles. The second kappa shape index (κ2) is 6.50. The van der Waals surface area contributed by atoms with E-state index in [0.29, 0.717) is 0 Å². The standard InChI is InChI=1S/C14H23NO2/c1-11-9-13(10-12(2)14(11)17-4)15(3)7-5-6-8-16/h9-10,16H,5-8H2,1-4H3. The lowest BCUT2D eigenvalue weighted by atomic mass is 10.1. The van der Waals surface area contributed by atoms with Gasteiger partial charge in [0, 0.05) is 25.9 Å². The van der Waals surface area contributed by atoms with Crippen molar-refractivity contribution in [2.24, 2.45) is 0 Å². The summed E-state index contributed by atoms with van der Waals surface area (Å²) in [6, 6.07) is 4.29. The summed E-state index contributed by atoms with van der Waals surface area (Å²) in [6.07, 6.45) is 1.87. The third kappa shape index (κ3) is 3.63. The number of nitrogens with zero attached hydrogens (tertiary/aromatic N) is 1. The lowest BCUT2D eigenvalue weighted by molar-refractivity contribution is 0.285. The van der Waals surface area contributed by atoms with Crippen molar-refractivity contribution < 1.29 is 9.84 Å². The molecule has 3 heteroatoms. The maximum Gasteiger partial charge on any atom is 0.124 e. The highest BCUT2D eigenvalue weighted by atomic mass is 16.5. The molecule has 0 aliphatic carbocycles. The summed E-state index contributed by atoms with van der Waals surface area (Å²) in [4.78, 5) is 2.22. The Hall–Kier alpha value is -1.22. The van der Waals surface area contributed by atoms with E-state index in [2.05, 4.69) is 37.9 Å². The molecule has 0 aliphatic rings. The SMILES string of the molecule is COc1c(C)cc(N(C)CCCCO)cc1C. The van der Waals surface area contributed by atoms with E-state index in [9.17, 15) is 0 Å². The van der Waals surface area contributed by atoms with Gasteiger partial charge in [-0.05, 0) is 49.9 Å². The predicted molar refractivity (Wildman–Crippen MR) is 72.1 cm³/mol. The Morgan fingerprint density at radius 2 is 1.76 bits per heavy atom. The Balaban J connectivity index is 2.77. The number of aliphatic hydroxyl groups is 1. The maximum atomic E-state index is 8.77. The Morgan fingerprint density at radius 1 is 1.18 bits per heavy atom. The number of methoxy groups -OCH3 is 1. The van der Waals surface area contributed by atoms with E-state index in [0.717, 1.165) is 36.3 Å². The van der Waals surface area contributed by atoms with Gasteiger partial charge in [0.2, 0.25) is 0 Å². The van der Waals surface area contributed by atoms with Crippen LogP contribution in [0.15, 0.2) is 12.1 Å². The van der Waals surface area contributed by atoms with Crippen LogP contribution in [0.25, 0.3) is 0 Å². The van der Waals surface area contributed by atoms with Crippen molar-refractivity contribution in [1.29, 1.82) is 0 Å². The number of ether oxygens (including phenoxy) is 1. The quantitative estimate of drug-likeness (QED) is 0.772. The van der Waals surface area contributed by atoms with E-state index in [1.54, 1.807) is 7.11 Å². The number of aliphatic hydroxyl groups excluding tert-OH is 1. The molecular formula is C14H23NO2. The van der Waals surface area contributed by atoms with Gasteiger partial charge < -0.3 is 14.7 Å². The van der Waals surface area contributed by atoms with Crippen LogP contribution < -0.4 is 9.64 Å². The van der Waals surface area contributed by atoms with E-state index < -0.39 is 0 Å². The number of aryl methyl sites for hydroxylation is 2. The van der Waals surface area contributed by atoms with Crippen molar-refractivity contribution in [3.63, 3.8) is 0 Å². The van der Waals surface area contributed by atoms with Crippen LogP contribution in [0.1, 0.15) is 24.0 Å². The van der Waals surface area contributed by atoms with E-state index in [1.165, 1.54) is 5.69 Å². The van der Waals surface area contributed by atoms with Gasteiger partial charge in [-0.3, -0.25) is 0 Å². The first-order chi connectivity index (χ1) is 8.10. The normalized spacial score (nSPS) is 10.4. The van der Waals surface area contributed by atoms with Gasteiger partial charge in [-0.2, -0.15) is 0 Å². The van der Waals surface area contributed by atoms with Gasteiger partial charge in [-0.1, -0.05) is 0 Å². The van der Waals surface area contributed by atoms with Crippen LogP contribution in [0.2, 0.25) is 0 Å². The number of rotatable bonds is 6. The number of hydrogen-bond donors (Lipinski definition) is 1. The van der Waals surface area contributed by atoms with Crippen LogP contribution in [0.5, 0.6) is 5.75 Å². The molecule has 0 aliphatic heterocycles. The molecule has 0 bridgehead atoms. The van der Waals surface area contributed by atoms with Gasteiger partial charge in [0.15, 0.2) is 0 Å². The summed E-state index contributed by atoms with van der Waals surface area (Å²) in [5.74, 6) is 0.970. The minimum atomic E-state index is 0.272. The van der Waals surface area contributed by atoms with Crippen LogP contribution in [-0.4, -0.2) is 32.4 Å². The number of hydrogen-bond acceptors (Lipinski definition) is 3. The van der Waals surface area contributed by atoms with Crippen LogP contribution >= 0.6 is 0 Å². The first-order valence-corrected chi connectivity index (χ1v) is 6.07. The number of unbranched alkanes of at least 4 members (excludes halogenated alkanes) is 1. The third-order valence-corrected chi connectivity index (χ3v) is 2.99. The molecule has 0 aromatic heterocycles. The fourth-order valence-electron chi connectivity index (χ4n) is 2.06. The first kappa shape index (κ1) is 13.8. The number of benzene rings is 1. The van der Waals surface area contributed by atoms with Crippen LogP contribution in [-0.2, 0) is 0 Å². The van der Waals surface area contributed by atoms with Gasteiger partial charge in [0.05, 0.1) is 7.11 Å². The fourth-order valence-corrected chi connectivity index (χ4v) is 2.06.